The molecule has 3 nitrogen and oxygen atoms in total. The Bertz CT molecular complexity index is 282. The average Bonchev–Trinajstić information content (AvgIpc) is 2.20. The molecule has 1 aromatic rings. The molecule has 3 heteroatoms. The summed E-state index contributed by atoms with van der Waals surface area (Å²) >= 11 is 0. The molecule has 15 heavy (non-hydrogen) atoms. The van der Waals surface area contributed by atoms with Gasteiger partial charge in [-0.2, -0.15) is 0 Å². The van der Waals surface area contributed by atoms with Gasteiger partial charge in [0.15, 0.2) is 0 Å². The first-order valence-electron chi connectivity index (χ1n) is 5.31. The van der Waals surface area contributed by atoms with Gasteiger partial charge < -0.3 is 10.1 Å². The quantitative estimate of drug-likeness (QED) is 0.807. The average molecular weight is 208 g/mol. The third-order valence-electron chi connectivity index (χ3n) is 2.41. The second-order valence-electron chi connectivity index (χ2n) is 4.14. The molecule has 0 aromatic carbocycles. The number of nitrogens with one attached hydrogen (secondary N) is 1. The Morgan fingerprint density at radius 2 is 2.13 bits per heavy atom. The van der Waals surface area contributed by atoms with Crippen LogP contribution in [0.3, 0.4) is 0 Å². The standard InChI is InChI=1S/C12H20N2O/c1-9(2)12(8-15-4)14-11-6-5-10(3)13-7-11/h5-7,9,12,14H,8H2,1-4H3. The zero-order chi connectivity index (χ0) is 11.3. The summed E-state index contributed by atoms with van der Waals surface area (Å²) in [5.74, 6) is 0.534. The third-order valence-corrected chi connectivity index (χ3v) is 2.41. The van der Waals surface area contributed by atoms with Crippen molar-refractivity contribution in [2.24, 2.45) is 5.92 Å². The van der Waals surface area contributed by atoms with Gasteiger partial charge in [0.05, 0.1) is 24.5 Å². The molecule has 0 fully saturated rings. The normalized spacial score (nSPS) is 12.9. The lowest BCUT2D eigenvalue weighted by Crippen LogP contribution is -2.30. The molecular formula is C12H20N2O. The predicted octanol–water partition coefficient (Wildman–Crippen LogP) is 2.47. The Hall–Kier alpha value is -1.09. The molecule has 1 N–H and O–H groups in total. The molecule has 1 atom stereocenters. The topological polar surface area (TPSA) is 34.1 Å². The number of aryl methyl sites for hydroxylation is 1. The summed E-state index contributed by atoms with van der Waals surface area (Å²) in [6.07, 6.45) is 1.86. The number of nitrogens with zero attached hydrogens (tertiary/aromatic N) is 1. The number of hydrogen-bond acceptors (Lipinski definition) is 3. The van der Waals surface area contributed by atoms with E-state index >= 15 is 0 Å². The van der Waals surface area contributed by atoms with Crippen LogP contribution in [-0.2, 0) is 4.74 Å². The lowest BCUT2D eigenvalue weighted by Gasteiger charge is -2.22. The van der Waals surface area contributed by atoms with Crippen LogP contribution < -0.4 is 5.32 Å². The van der Waals surface area contributed by atoms with Crippen molar-refractivity contribution in [1.82, 2.24) is 4.98 Å². The van der Waals surface area contributed by atoms with Gasteiger partial charge in [0.2, 0.25) is 0 Å². The zero-order valence-electron chi connectivity index (χ0n) is 9.95. The summed E-state index contributed by atoms with van der Waals surface area (Å²) in [4.78, 5) is 4.25. The van der Waals surface area contributed by atoms with Gasteiger partial charge in [-0.15, -0.1) is 0 Å². The van der Waals surface area contributed by atoms with Gasteiger partial charge >= 0.3 is 0 Å². The fourth-order valence-corrected chi connectivity index (χ4v) is 1.35. The van der Waals surface area contributed by atoms with E-state index in [-0.39, 0.29) is 0 Å². The molecule has 1 aromatic heterocycles. The smallest absolute Gasteiger partial charge is 0.0666 e. The lowest BCUT2D eigenvalue weighted by molar-refractivity contribution is 0.171. The summed E-state index contributed by atoms with van der Waals surface area (Å²) in [6.45, 7) is 7.06. The molecule has 0 saturated heterocycles. The first-order chi connectivity index (χ1) is 7.13. The molecule has 0 bridgehead atoms. The fraction of sp³-hybridized carbons (Fsp3) is 0.583. The van der Waals surface area contributed by atoms with E-state index in [1.807, 2.05) is 25.3 Å². The molecule has 0 aliphatic heterocycles. The van der Waals surface area contributed by atoms with Gasteiger partial charge in [-0.1, -0.05) is 13.8 Å². The number of hydrogen-bond donors (Lipinski definition) is 1. The monoisotopic (exact) mass is 208 g/mol. The van der Waals surface area contributed by atoms with Gasteiger partial charge in [0, 0.05) is 12.8 Å². The minimum atomic E-state index is 0.333. The Kier molecular flexibility index (Phi) is 4.56. The van der Waals surface area contributed by atoms with Crippen LogP contribution in [0.15, 0.2) is 18.3 Å². The highest BCUT2D eigenvalue weighted by atomic mass is 16.5. The maximum absolute atomic E-state index is 5.18. The molecule has 0 amide bonds. The number of pyridine rings is 1. The van der Waals surface area contributed by atoms with E-state index in [0.29, 0.717) is 18.6 Å². The van der Waals surface area contributed by atoms with Crippen molar-refractivity contribution in [3.05, 3.63) is 24.0 Å². The van der Waals surface area contributed by atoms with Gasteiger partial charge in [-0.3, -0.25) is 4.98 Å². The Morgan fingerprint density at radius 1 is 1.40 bits per heavy atom. The van der Waals surface area contributed by atoms with E-state index in [0.717, 1.165) is 11.4 Å². The van der Waals surface area contributed by atoms with Crippen LogP contribution >= 0.6 is 0 Å². The minimum absolute atomic E-state index is 0.333. The van der Waals surface area contributed by atoms with E-state index in [4.69, 9.17) is 4.74 Å². The lowest BCUT2D eigenvalue weighted by atomic mass is 10.1. The van der Waals surface area contributed by atoms with Crippen LogP contribution in [0, 0.1) is 12.8 Å². The van der Waals surface area contributed by atoms with Crippen LogP contribution in [0.4, 0.5) is 5.69 Å². The Labute approximate surface area is 91.9 Å². The van der Waals surface area contributed by atoms with Crippen molar-refractivity contribution in [1.29, 1.82) is 0 Å². The van der Waals surface area contributed by atoms with E-state index < -0.39 is 0 Å². The Balaban J connectivity index is 2.61. The number of aromatic nitrogens is 1. The van der Waals surface area contributed by atoms with Gasteiger partial charge in [-0.05, 0) is 25.0 Å². The van der Waals surface area contributed by atoms with Crippen LogP contribution in [0.1, 0.15) is 19.5 Å². The van der Waals surface area contributed by atoms with E-state index in [1.165, 1.54) is 0 Å². The van der Waals surface area contributed by atoms with Crippen LogP contribution in [0.5, 0.6) is 0 Å². The van der Waals surface area contributed by atoms with Crippen LogP contribution in [0.2, 0.25) is 0 Å². The molecule has 0 aliphatic rings. The number of ether oxygens (including phenoxy) is 1. The summed E-state index contributed by atoms with van der Waals surface area (Å²) in [6, 6.07) is 4.39. The second kappa shape index (κ2) is 5.71. The van der Waals surface area contributed by atoms with E-state index in [9.17, 15) is 0 Å². The minimum Gasteiger partial charge on any atom is -0.383 e. The maximum atomic E-state index is 5.18. The van der Waals surface area contributed by atoms with Crippen LogP contribution in [-0.4, -0.2) is 24.7 Å². The molecule has 1 heterocycles. The third kappa shape index (κ3) is 3.88. The van der Waals surface area contributed by atoms with E-state index in [2.05, 4.69) is 24.1 Å². The summed E-state index contributed by atoms with van der Waals surface area (Å²) in [5.41, 5.74) is 2.09. The van der Waals surface area contributed by atoms with Gasteiger partial charge in [0.25, 0.3) is 0 Å². The molecule has 0 radical (unpaired) electrons. The van der Waals surface area contributed by atoms with Crippen molar-refractivity contribution >= 4 is 5.69 Å². The largest absolute Gasteiger partial charge is 0.383 e. The molecule has 1 rings (SSSR count). The molecule has 0 aliphatic carbocycles. The highest BCUT2D eigenvalue weighted by molar-refractivity contribution is 5.42. The molecular weight excluding hydrogens is 188 g/mol. The first-order valence-corrected chi connectivity index (χ1v) is 5.31. The summed E-state index contributed by atoms with van der Waals surface area (Å²) in [5, 5.41) is 3.42. The highest BCUT2D eigenvalue weighted by Gasteiger charge is 2.12. The summed E-state index contributed by atoms with van der Waals surface area (Å²) < 4.78 is 5.18. The van der Waals surface area contributed by atoms with Crippen molar-refractivity contribution in [3.8, 4) is 0 Å². The molecule has 84 valence electrons. The van der Waals surface area contributed by atoms with Crippen molar-refractivity contribution < 1.29 is 4.74 Å². The van der Waals surface area contributed by atoms with Crippen molar-refractivity contribution in [2.45, 2.75) is 26.8 Å². The van der Waals surface area contributed by atoms with Crippen LogP contribution in [0.25, 0.3) is 0 Å². The van der Waals surface area contributed by atoms with E-state index in [1.54, 1.807) is 7.11 Å². The predicted molar refractivity (Wildman–Crippen MR) is 63.1 cm³/mol. The zero-order valence-corrected chi connectivity index (χ0v) is 9.95. The molecule has 0 spiro atoms. The SMILES string of the molecule is COCC(Nc1ccc(C)nc1)C(C)C. The number of anilines is 1. The second-order valence-corrected chi connectivity index (χ2v) is 4.14. The number of rotatable bonds is 5. The van der Waals surface area contributed by atoms with Gasteiger partial charge in [0.1, 0.15) is 0 Å². The first kappa shape index (κ1) is 12.0. The molecule has 0 saturated carbocycles. The van der Waals surface area contributed by atoms with Crippen molar-refractivity contribution in [2.75, 3.05) is 19.0 Å². The Morgan fingerprint density at radius 3 is 2.60 bits per heavy atom. The fourth-order valence-electron chi connectivity index (χ4n) is 1.35. The maximum Gasteiger partial charge on any atom is 0.0666 e. The van der Waals surface area contributed by atoms with Gasteiger partial charge in [-0.25, -0.2) is 0 Å². The highest BCUT2D eigenvalue weighted by Crippen LogP contribution is 2.12. The summed E-state index contributed by atoms with van der Waals surface area (Å²) in [7, 11) is 1.73. The molecule has 1 unspecified atom stereocenters. The van der Waals surface area contributed by atoms with Crippen molar-refractivity contribution in [3.63, 3.8) is 0 Å². The number of methoxy groups -OCH3 is 1.